The number of nitrogens with zero attached hydrogens (tertiary/aromatic N) is 2. The highest BCUT2D eigenvalue weighted by Gasteiger charge is 2.09. The third-order valence-corrected chi connectivity index (χ3v) is 2.45. The number of methoxy groups -OCH3 is 1. The van der Waals surface area contributed by atoms with Gasteiger partial charge in [-0.05, 0) is 18.2 Å². The summed E-state index contributed by atoms with van der Waals surface area (Å²) in [4.78, 5) is 8.65. The summed E-state index contributed by atoms with van der Waals surface area (Å²) in [6.07, 6.45) is 0. The molecule has 4 heteroatoms. The van der Waals surface area contributed by atoms with Gasteiger partial charge in [-0.1, -0.05) is 18.2 Å². The fraction of sp³-hybridized carbons (Fsp3) is 0.0769. The molecule has 0 unspecified atom stereocenters. The highest BCUT2D eigenvalue weighted by atomic mass is 16.5. The van der Waals surface area contributed by atoms with Gasteiger partial charge in [0, 0.05) is 6.07 Å². The molecule has 3 rings (SSSR count). The van der Waals surface area contributed by atoms with Crippen molar-refractivity contribution in [3.05, 3.63) is 42.5 Å². The fourth-order valence-electron chi connectivity index (χ4n) is 1.63. The summed E-state index contributed by atoms with van der Waals surface area (Å²) in [5.41, 5.74) is 2.25. The van der Waals surface area contributed by atoms with E-state index in [0.29, 0.717) is 17.5 Å². The van der Waals surface area contributed by atoms with Gasteiger partial charge in [0.15, 0.2) is 5.58 Å². The lowest BCUT2D eigenvalue weighted by molar-refractivity contribution is 0.398. The standard InChI is InChI=1S/C13H10N2O2/c1-16-12-8-4-6-10(14-12)13-15-9-5-2-3-7-11(9)17-13/h2-8H,1H3. The molecule has 2 aromatic heterocycles. The molecular formula is C13H10N2O2. The van der Waals surface area contributed by atoms with Crippen molar-refractivity contribution in [1.82, 2.24) is 9.97 Å². The number of oxazole rings is 1. The number of benzene rings is 1. The van der Waals surface area contributed by atoms with Gasteiger partial charge in [-0.15, -0.1) is 0 Å². The molecule has 2 heterocycles. The zero-order chi connectivity index (χ0) is 11.7. The van der Waals surface area contributed by atoms with Crippen LogP contribution < -0.4 is 4.74 Å². The molecule has 0 atom stereocenters. The molecule has 4 nitrogen and oxygen atoms in total. The van der Waals surface area contributed by atoms with Gasteiger partial charge in [0.25, 0.3) is 0 Å². The Morgan fingerprint density at radius 2 is 1.88 bits per heavy atom. The van der Waals surface area contributed by atoms with Crippen LogP contribution in [0.25, 0.3) is 22.7 Å². The lowest BCUT2D eigenvalue weighted by Gasteiger charge is -1.98. The van der Waals surface area contributed by atoms with E-state index in [0.717, 1.165) is 11.1 Å². The van der Waals surface area contributed by atoms with Crippen LogP contribution in [-0.4, -0.2) is 17.1 Å². The van der Waals surface area contributed by atoms with Gasteiger partial charge >= 0.3 is 0 Å². The lowest BCUT2D eigenvalue weighted by atomic mass is 10.3. The van der Waals surface area contributed by atoms with Crippen molar-refractivity contribution in [2.75, 3.05) is 7.11 Å². The molecule has 84 valence electrons. The average Bonchev–Trinajstić information content (AvgIpc) is 2.82. The van der Waals surface area contributed by atoms with Crippen molar-refractivity contribution < 1.29 is 9.15 Å². The van der Waals surface area contributed by atoms with Crippen molar-refractivity contribution in [3.8, 4) is 17.5 Å². The van der Waals surface area contributed by atoms with E-state index >= 15 is 0 Å². The van der Waals surface area contributed by atoms with E-state index in [1.54, 1.807) is 13.2 Å². The number of pyridine rings is 1. The predicted molar refractivity (Wildman–Crippen MR) is 63.8 cm³/mol. The van der Waals surface area contributed by atoms with E-state index in [2.05, 4.69) is 9.97 Å². The first-order valence-electron chi connectivity index (χ1n) is 5.24. The van der Waals surface area contributed by atoms with Crippen LogP contribution in [0.3, 0.4) is 0 Å². The number of para-hydroxylation sites is 2. The third kappa shape index (κ3) is 1.73. The Bertz CT molecular complexity index is 628. The van der Waals surface area contributed by atoms with E-state index < -0.39 is 0 Å². The maximum atomic E-state index is 5.62. The molecule has 0 aliphatic carbocycles. The molecular weight excluding hydrogens is 216 g/mol. The highest BCUT2D eigenvalue weighted by Crippen LogP contribution is 2.23. The Labute approximate surface area is 97.9 Å². The minimum absolute atomic E-state index is 0.505. The SMILES string of the molecule is COc1cccc(-c2nc3ccccc3o2)n1. The topological polar surface area (TPSA) is 48.2 Å². The average molecular weight is 226 g/mol. The molecule has 0 bridgehead atoms. The second kappa shape index (κ2) is 3.90. The van der Waals surface area contributed by atoms with Gasteiger partial charge in [0.05, 0.1) is 7.11 Å². The van der Waals surface area contributed by atoms with Gasteiger partial charge in [-0.3, -0.25) is 0 Å². The number of rotatable bonds is 2. The number of ether oxygens (including phenoxy) is 1. The third-order valence-electron chi connectivity index (χ3n) is 2.45. The Hall–Kier alpha value is -2.36. The summed E-state index contributed by atoms with van der Waals surface area (Å²) in [5, 5.41) is 0. The van der Waals surface area contributed by atoms with Gasteiger partial charge < -0.3 is 9.15 Å². The van der Waals surface area contributed by atoms with Crippen LogP contribution in [0.1, 0.15) is 0 Å². The zero-order valence-corrected chi connectivity index (χ0v) is 9.25. The molecule has 0 amide bonds. The van der Waals surface area contributed by atoms with Crippen LogP contribution in [0.2, 0.25) is 0 Å². The minimum atomic E-state index is 0.505. The Balaban J connectivity index is 2.13. The first-order valence-corrected chi connectivity index (χ1v) is 5.24. The zero-order valence-electron chi connectivity index (χ0n) is 9.25. The first kappa shape index (κ1) is 9.84. The van der Waals surface area contributed by atoms with Crippen LogP contribution in [-0.2, 0) is 0 Å². The molecule has 3 aromatic rings. The van der Waals surface area contributed by atoms with Gasteiger partial charge in [-0.25, -0.2) is 9.97 Å². The van der Waals surface area contributed by atoms with Gasteiger partial charge in [0.1, 0.15) is 11.2 Å². The quantitative estimate of drug-likeness (QED) is 0.674. The number of aromatic nitrogens is 2. The van der Waals surface area contributed by atoms with Crippen LogP contribution in [0, 0.1) is 0 Å². The monoisotopic (exact) mass is 226 g/mol. The number of fused-ring (bicyclic) bond motifs is 1. The largest absolute Gasteiger partial charge is 0.481 e. The summed E-state index contributed by atoms with van der Waals surface area (Å²) in [5.74, 6) is 1.05. The Kier molecular flexibility index (Phi) is 2.26. The van der Waals surface area contributed by atoms with Gasteiger partial charge in [-0.2, -0.15) is 0 Å². The van der Waals surface area contributed by atoms with E-state index in [1.165, 1.54) is 0 Å². The van der Waals surface area contributed by atoms with Crippen molar-refractivity contribution in [1.29, 1.82) is 0 Å². The van der Waals surface area contributed by atoms with Gasteiger partial charge in [0.2, 0.25) is 11.8 Å². The lowest BCUT2D eigenvalue weighted by Crippen LogP contribution is -1.89. The van der Waals surface area contributed by atoms with Crippen molar-refractivity contribution >= 4 is 11.1 Å². The molecule has 0 aliphatic heterocycles. The summed E-state index contributed by atoms with van der Waals surface area (Å²) >= 11 is 0. The first-order chi connectivity index (χ1) is 8.36. The highest BCUT2D eigenvalue weighted by molar-refractivity contribution is 5.75. The van der Waals surface area contributed by atoms with Crippen LogP contribution in [0.5, 0.6) is 5.88 Å². The van der Waals surface area contributed by atoms with E-state index in [1.807, 2.05) is 36.4 Å². The molecule has 17 heavy (non-hydrogen) atoms. The molecule has 0 saturated carbocycles. The predicted octanol–water partition coefficient (Wildman–Crippen LogP) is 2.90. The molecule has 0 spiro atoms. The molecule has 0 saturated heterocycles. The molecule has 0 radical (unpaired) electrons. The molecule has 0 aliphatic rings. The van der Waals surface area contributed by atoms with Crippen molar-refractivity contribution in [3.63, 3.8) is 0 Å². The normalized spacial score (nSPS) is 10.6. The van der Waals surface area contributed by atoms with E-state index in [4.69, 9.17) is 9.15 Å². The summed E-state index contributed by atoms with van der Waals surface area (Å²) in [7, 11) is 1.58. The number of hydrogen-bond acceptors (Lipinski definition) is 4. The van der Waals surface area contributed by atoms with Crippen LogP contribution >= 0.6 is 0 Å². The van der Waals surface area contributed by atoms with Crippen molar-refractivity contribution in [2.45, 2.75) is 0 Å². The van der Waals surface area contributed by atoms with Crippen LogP contribution in [0.15, 0.2) is 46.9 Å². The summed E-state index contributed by atoms with van der Waals surface area (Å²) in [6.45, 7) is 0. The minimum Gasteiger partial charge on any atom is -0.481 e. The second-order valence-electron chi connectivity index (χ2n) is 3.55. The van der Waals surface area contributed by atoms with Crippen LogP contribution in [0.4, 0.5) is 0 Å². The van der Waals surface area contributed by atoms with E-state index in [-0.39, 0.29) is 0 Å². The Morgan fingerprint density at radius 1 is 1.00 bits per heavy atom. The smallest absolute Gasteiger partial charge is 0.246 e. The second-order valence-corrected chi connectivity index (χ2v) is 3.55. The maximum Gasteiger partial charge on any atom is 0.246 e. The molecule has 1 aromatic carbocycles. The summed E-state index contributed by atoms with van der Waals surface area (Å²) in [6, 6.07) is 13.1. The maximum absolute atomic E-state index is 5.62. The van der Waals surface area contributed by atoms with Crippen molar-refractivity contribution in [2.24, 2.45) is 0 Å². The van der Waals surface area contributed by atoms with E-state index in [9.17, 15) is 0 Å². The fourth-order valence-corrected chi connectivity index (χ4v) is 1.63. The molecule has 0 N–H and O–H groups in total. The summed E-state index contributed by atoms with van der Waals surface area (Å²) < 4.78 is 10.7. The number of hydrogen-bond donors (Lipinski definition) is 0. The Morgan fingerprint density at radius 3 is 2.71 bits per heavy atom. The molecule has 0 fully saturated rings.